The van der Waals surface area contributed by atoms with Crippen LogP contribution in [0.25, 0.3) is 0 Å². The Balaban J connectivity index is 2.28. The van der Waals surface area contributed by atoms with Crippen molar-refractivity contribution in [1.29, 1.82) is 0 Å². The van der Waals surface area contributed by atoms with Crippen LogP contribution in [0.15, 0.2) is 18.2 Å². The van der Waals surface area contributed by atoms with Gasteiger partial charge in [-0.1, -0.05) is 6.07 Å². The highest BCUT2D eigenvalue weighted by atomic mass is 19.1. The minimum Gasteiger partial charge on any atom is -0.395 e. The fraction of sp³-hybridized carbons (Fsp3) is 0.455. The second-order valence-electron chi connectivity index (χ2n) is 4.34. The normalized spacial score (nSPS) is 25.9. The van der Waals surface area contributed by atoms with Crippen molar-refractivity contribution in [2.75, 3.05) is 23.7 Å². The molecule has 0 bridgehead atoms. The summed E-state index contributed by atoms with van der Waals surface area (Å²) in [6.45, 7) is 2.99. The number of nitrogens with two attached hydrogens (primary N) is 1. The van der Waals surface area contributed by atoms with Crippen LogP contribution in [0.1, 0.15) is 13.3 Å². The average molecular weight is 210 g/mol. The number of benzene rings is 1. The zero-order valence-corrected chi connectivity index (χ0v) is 8.70. The zero-order chi connectivity index (χ0) is 11.1. The Morgan fingerprint density at radius 3 is 2.87 bits per heavy atom. The number of rotatable bonds is 1. The van der Waals surface area contributed by atoms with Gasteiger partial charge in [-0.3, -0.25) is 0 Å². The molecule has 0 saturated carbocycles. The van der Waals surface area contributed by atoms with Crippen molar-refractivity contribution in [3.8, 4) is 0 Å². The minimum atomic E-state index is -0.696. The Labute approximate surface area is 88.3 Å². The molecule has 1 heterocycles. The van der Waals surface area contributed by atoms with E-state index in [1.165, 1.54) is 6.07 Å². The van der Waals surface area contributed by atoms with Crippen LogP contribution in [0.3, 0.4) is 0 Å². The van der Waals surface area contributed by atoms with E-state index in [2.05, 4.69) is 0 Å². The van der Waals surface area contributed by atoms with E-state index in [1.807, 2.05) is 4.90 Å². The van der Waals surface area contributed by atoms with Crippen LogP contribution in [0, 0.1) is 5.82 Å². The lowest BCUT2D eigenvalue weighted by molar-refractivity contribution is 0.0839. The first kappa shape index (κ1) is 10.2. The van der Waals surface area contributed by atoms with E-state index in [0.29, 0.717) is 25.2 Å². The van der Waals surface area contributed by atoms with E-state index in [-0.39, 0.29) is 5.69 Å². The molecule has 1 aliphatic heterocycles. The molecule has 0 aromatic heterocycles. The molecule has 3 N–H and O–H groups in total. The highest BCUT2D eigenvalue weighted by molar-refractivity contribution is 5.68. The number of nitrogen functional groups attached to an aromatic ring is 1. The van der Waals surface area contributed by atoms with Gasteiger partial charge in [0.15, 0.2) is 0 Å². The van der Waals surface area contributed by atoms with Gasteiger partial charge < -0.3 is 15.7 Å². The third kappa shape index (κ3) is 1.90. The molecule has 4 heteroatoms. The molecule has 3 nitrogen and oxygen atoms in total. The minimum absolute atomic E-state index is 0.162. The summed E-state index contributed by atoms with van der Waals surface area (Å²) in [7, 11) is 0. The van der Waals surface area contributed by atoms with E-state index in [0.717, 1.165) is 0 Å². The maximum absolute atomic E-state index is 13.2. The van der Waals surface area contributed by atoms with Gasteiger partial charge in [0.25, 0.3) is 0 Å². The summed E-state index contributed by atoms with van der Waals surface area (Å²) in [5.74, 6) is -0.404. The van der Waals surface area contributed by atoms with Crippen molar-refractivity contribution in [2.24, 2.45) is 0 Å². The number of hydrogen-bond donors (Lipinski definition) is 2. The summed E-state index contributed by atoms with van der Waals surface area (Å²) in [5, 5.41) is 9.81. The van der Waals surface area contributed by atoms with E-state index < -0.39 is 11.4 Å². The molecule has 82 valence electrons. The van der Waals surface area contributed by atoms with Crippen LogP contribution in [0.4, 0.5) is 15.8 Å². The quantitative estimate of drug-likeness (QED) is 0.688. The van der Waals surface area contributed by atoms with Crippen molar-refractivity contribution in [3.05, 3.63) is 24.0 Å². The maximum Gasteiger partial charge on any atom is 0.148 e. The van der Waals surface area contributed by atoms with E-state index in [9.17, 15) is 9.50 Å². The number of para-hydroxylation sites is 1. The van der Waals surface area contributed by atoms with Crippen LogP contribution < -0.4 is 10.6 Å². The van der Waals surface area contributed by atoms with Crippen LogP contribution in [-0.4, -0.2) is 23.8 Å². The molecule has 1 aliphatic rings. The monoisotopic (exact) mass is 210 g/mol. The number of anilines is 2. The number of nitrogens with zero attached hydrogens (tertiary/aromatic N) is 1. The Kier molecular flexibility index (Phi) is 2.31. The molecule has 0 radical (unpaired) electrons. The number of aliphatic hydroxyl groups is 1. The van der Waals surface area contributed by atoms with Crippen molar-refractivity contribution < 1.29 is 9.50 Å². The maximum atomic E-state index is 13.2. The molecule has 0 aliphatic carbocycles. The molecule has 1 unspecified atom stereocenters. The lowest BCUT2D eigenvalue weighted by Gasteiger charge is -2.22. The third-order valence-corrected chi connectivity index (χ3v) is 2.82. The lowest BCUT2D eigenvalue weighted by Crippen LogP contribution is -2.30. The van der Waals surface area contributed by atoms with Gasteiger partial charge in [-0.2, -0.15) is 0 Å². The summed E-state index contributed by atoms with van der Waals surface area (Å²) < 4.78 is 13.2. The third-order valence-electron chi connectivity index (χ3n) is 2.82. The predicted molar refractivity (Wildman–Crippen MR) is 58.3 cm³/mol. The second-order valence-corrected chi connectivity index (χ2v) is 4.34. The van der Waals surface area contributed by atoms with Gasteiger partial charge >= 0.3 is 0 Å². The van der Waals surface area contributed by atoms with Crippen LogP contribution in [0.5, 0.6) is 0 Å². The summed E-state index contributed by atoms with van der Waals surface area (Å²) in [6, 6.07) is 4.75. The molecule has 1 aromatic carbocycles. The topological polar surface area (TPSA) is 49.5 Å². The molecular formula is C11H15FN2O. The van der Waals surface area contributed by atoms with Crippen molar-refractivity contribution in [3.63, 3.8) is 0 Å². The van der Waals surface area contributed by atoms with Crippen LogP contribution in [0.2, 0.25) is 0 Å². The summed E-state index contributed by atoms with van der Waals surface area (Å²) in [6.07, 6.45) is 0.683. The first-order chi connectivity index (χ1) is 6.99. The van der Waals surface area contributed by atoms with E-state index >= 15 is 0 Å². The number of halogens is 1. The van der Waals surface area contributed by atoms with E-state index in [4.69, 9.17) is 5.73 Å². The molecule has 1 atom stereocenters. The molecule has 0 amide bonds. The summed E-state index contributed by atoms with van der Waals surface area (Å²) >= 11 is 0. The Morgan fingerprint density at radius 1 is 1.53 bits per heavy atom. The van der Waals surface area contributed by atoms with Gasteiger partial charge in [-0.05, 0) is 25.5 Å². The average Bonchev–Trinajstić information content (AvgIpc) is 2.51. The predicted octanol–water partition coefficient (Wildman–Crippen LogP) is 1.37. The van der Waals surface area contributed by atoms with Gasteiger partial charge in [0.1, 0.15) is 5.82 Å². The first-order valence-corrected chi connectivity index (χ1v) is 5.01. The highest BCUT2D eigenvalue weighted by Crippen LogP contribution is 2.31. The largest absolute Gasteiger partial charge is 0.395 e. The van der Waals surface area contributed by atoms with Gasteiger partial charge in [-0.25, -0.2) is 4.39 Å². The number of β-amino-alcohol motifs (C(OH)–C–C–N with tert-alkyl or cyclic N) is 1. The van der Waals surface area contributed by atoms with Crippen LogP contribution in [-0.2, 0) is 0 Å². The standard InChI is InChI=1S/C11H15FN2O/c1-11(15)5-6-14(7-11)9-4-2-3-8(12)10(9)13/h2-4,15H,5-7,13H2,1H3. The highest BCUT2D eigenvalue weighted by Gasteiger charge is 2.32. The Hall–Kier alpha value is -1.29. The smallest absolute Gasteiger partial charge is 0.148 e. The van der Waals surface area contributed by atoms with E-state index in [1.54, 1.807) is 19.1 Å². The Bertz CT molecular complexity index is 379. The van der Waals surface area contributed by atoms with Crippen LogP contribution >= 0.6 is 0 Å². The first-order valence-electron chi connectivity index (χ1n) is 5.01. The SMILES string of the molecule is CC1(O)CCN(c2cccc(F)c2N)C1. The molecule has 0 spiro atoms. The summed E-state index contributed by atoms with van der Waals surface area (Å²) in [5.41, 5.74) is 5.79. The Morgan fingerprint density at radius 2 is 2.27 bits per heavy atom. The van der Waals surface area contributed by atoms with Gasteiger partial charge in [0.05, 0.1) is 17.0 Å². The fourth-order valence-corrected chi connectivity index (χ4v) is 1.95. The molecular weight excluding hydrogens is 195 g/mol. The van der Waals surface area contributed by atoms with Crippen molar-refractivity contribution in [2.45, 2.75) is 18.9 Å². The molecule has 1 saturated heterocycles. The fourth-order valence-electron chi connectivity index (χ4n) is 1.95. The lowest BCUT2D eigenvalue weighted by atomic mass is 10.1. The zero-order valence-electron chi connectivity index (χ0n) is 8.70. The molecule has 15 heavy (non-hydrogen) atoms. The number of hydrogen-bond acceptors (Lipinski definition) is 3. The van der Waals surface area contributed by atoms with Gasteiger partial charge in [0.2, 0.25) is 0 Å². The molecule has 1 aromatic rings. The van der Waals surface area contributed by atoms with Gasteiger partial charge in [-0.15, -0.1) is 0 Å². The van der Waals surface area contributed by atoms with Gasteiger partial charge in [0, 0.05) is 13.1 Å². The molecule has 1 fully saturated rings. The molecule has 2 rings (SSSR count). The second kappa shape index (κ2) is 3.38. The van der Waals surface area contributed by atoms with Crippen molar-refractivity contribution in [1.82, 2.24) is 0 Å². The van der Waals surface area contributed by atoms with Crippen molar-refractivity contribution >= 4 is 11.4 Å². The summed E-state index contributed by atoms with van der Waals surface area (Å²) in [4.78, 5) is 1.92.